The molecule has 3 aromatic rings. The number of anilines is 1. The number of rotatable bonds is 2. The molecule has 1 fully saturated rings. The Bertz CT molecular complexity index is 806. The van der Waals surface area contributed by atoms with E-state index in [1.54, 1.807) is 18.5 Å². The fourth-order valence-corrected chi connectivity index (χ4v) is 2.46. The number of benzene rings is 1. The van der Waals surface area contributed by atoms with Crippen LogP contribution in [0.25, 0.3) is 22.6 Å². The van der Waals surface area contributed by atoms with Gasteiger partial charge in [0.25, 0.3) is 0 Å². The van der Waals surface area contributed by atoms with Crippen LogP contribution in [-0.2, 0) is 0 Å². The molecule has 20 heavy (non-hydrogen) atoms. The number of hydrogen-bond donors (Lipinski definition) is 1. The second-order valence-electron chi connectivity index (χ2n) is 4.96. The molecule has 0 saturated heterocycles. The van der Waals surface area contributed by atoms with Crippen molar-refractivity contribution in [2.75, 3.05) is 5.73 Å². The van der Waals surface area contributed by atoms with Gasteiger partial charge in [-0.1, -0.05) is 0 Å². The van der Waals surface area contributed by atoms with E-state index in [0.717, 1.165) is 23.9 Å². The van der Waals surface area contributed by atoms with Crippen LogP contribution in [0.4, 0.5) is 10.2 Å². The molecule has 0 spiro atoms. The molecular weight excluding hydrogens is 257 g/mol. The van der Waals surface area contributed by atoms with Gasteiger partial charge in [0.05, 0.1) is 11.0 Å². The monoisotopic (exact) mass is 269 g/mol. The van der Waals surface area contributed by atoms with Crippen LogP contribution in [-0.4, -0.2) is 19.5 Å². The highest BCUT2D eigenvalue weighted by Gasteiger charge is 2.30. The van der Waals surface area contributed by atoms with Gasteiger partial charge in [0.15, 0.2) is 11.6 Å². The maximum absolute atomic E-state index is 13.5. The summed E-state index contributed by atoms with van der Waals surface area (Å²) in [5.41, 5.74) is 7.98. The summed E-state index contributed by atoms with van der Waals surface area (Å²) in [6, 6.07) is 4.95. The number of fused-ring (bicyclic) bond motifs is 1. The minimum atomic E-state index is -0.266. The van der Waals surface area contributed by atoms with Crippen LogP contribution in [0.3, 0.4) is 0 Å². The topological polar surface area (TPSA) is 69.6 Å². The van der Waals surface area contributed by atoms with Crippen LogP contribution in [0.5, 0.6) is 0 Å². The first kappa shape index (κ1) is 11.3. The molecule has 1 aromatic carbocycles. The van der Waals surface area contributed by atoms with Gasteiger partial charge in [-0.15, -0.1) is 0 Å². The second kappa shape index (κ2) is 4.00. The van der Waals surface area contributed by atoms with E-state index < -0.39 is 0 Å². The van der Waals surface area contributed by atoms with Gasteiger partial charge in [-0.3, -0.25) is 0 Å². The van der Waals surface area contributed by atoms with E-state index in [1.807, 2.05) is 4.57 Å². The number of hydrogen-bond acceptors (Lipinski definition) is 4. The average Bonchev–Trinajstić information content (AvgIpc) is 3.20. The van der Waals surface area contributed by atoms with Gasteiger partial charge in [0.2, 0.25) is 0 Å². The van der Waals surface area contributed by atoms with Crippen molar-refractivity contribution in [1.82, 2.24) is 19.5 Å². The predicted molar refractivity (Wildman–Crippen MR) is 73.4 cm³/mol. The maximum Gasteiger partial charge on any atom is 0.163 e. The van der Waals surface area contributed by atoms with Gasteiger partial charge in [0, 0.05) is 18.4 Å². The first-order valence-electron chi connectivity index (χ1n) is 6.48. The van der Waals surface area contributed by atoms with E-state index in [1.165, 1.54) is 12.1 Å². The molecule has 6 heteroatoms. The molecule has 5 nitrogen and oxygen atoms in total. The smallest absolute Gasteiger partial charge is 0.163 e. The minimum Gasteiger partial charge on any atom is -0.382 e. The third-order valence-electron chi connectivity index (χ3n) is 3.50. The van der Waals surface area contributed by atoms with Crippen molar-refractivity contribution in [3.8, 4) is 11.5 Å². The molecule has 2 heterocycles. The number of imidazole rings is 1. The van der Waals surface area contributed by atoms with E-state index in [9.17, 15) is 4.39 Å². The molecule has 100 valence electrons. The van der Waals surface area contributed by atoms with Crippen molar-refractivity contribution in [1.29, 1.82) is 0 Å². The van der Waals surface area contributed by atoms with Crippen molar-refractivity contribution in [3.63, 3.8) is 0 Å². The Balaban J connectivity index is 2.04. The zero-order valence-corrected chi connectivity index (χ0v) is 10.6. The Morgan fingerprint density at radius 2 is 2.00 bits per heavy atom. The summed E-state index contributed by atoms with van der Waals surface area (Å²) in [4.78, 5) is 12.9. The van der Waals surface area contributed by atoms with Crippen molar-refractivity contribution in [2.24, 2.45) is 0 Å². The fourth-order valence-electron chi connectivity index (χ4n) is 2.46. The maximum atomic E-state index is 13.5. The quantitative estimate of drug-likeness (QED) is 0.776. The summed E-state index contributed by atoms with van der Waals surface area (Å²) in [6.07, 6.45) is 5.26. The second-order valence-corrected chi connectivity index (χ2v) is 4.96. The lowest BCUT2D eigenvalue weighted by molar-refractivity contribution is 0.628. The fraction of sp³-hybridized carbons (Fsp3) is 0.214. The first-order chi connectivity index (χ1) is 9.74. The molecule has 0 amide bonds. The van der Waals surface area contributed by atoms with Crippen LogP contribution in [0, 0.1) is 5.82 Å². The first-order valence-corrected chi connectivity index (χ1v) is 6.48. The van der Waals surface area contributed by atoms with E-state index in [-0.39, 0.29) is 5.82 Å². The van der Waals surface area contributed by atoms with Gasteiger partial charge in [-0.2, -0.15) is 0 Å². The summed E-state index contributed by atoms with van der Waals surface area (Å²) in [7, 11) is 0. The highest BCUT2D eigenvalue weighted by atomic mass is 19.1. The zero-order chi connectivity index (χ0) is 13.7. The number of halogens is 1. The molecule has 0 atom stereocenters. The molecular formula is C14H12FN5. The Kier molecular flexibility index (Phi) is 2.26. The third-order valence-corrected chi connectivity index (χ3v) is 3.50. The molecule has 0 aliphatic heterocycles. The SMILES string of the molecule is Nc1nccnc1-c1nc2ccc(F)cc2n1C1CC1. The molecule has 2 aromatic heterocycles. The number of aromatic nitrogens is 4. The van der Waals surface area contributed by atoms with E-state index in [4.69, 9.17) is 5.73 Å². The Morgan fingerprint density at radius 3 is 2.75 bits per heavy atom. The van der Waals surface area contributed by atoms with Crippen LogP contribution >= 0.6 is 0 Å². The van der Waals surface area contributed by atoms with Crippen molar-refractivity contribution in [3.05, 3.63) is 36.4 Å². The summed E-state index contributed by atoms with van der Waals surface area (Å²) in [5.74, 6) is 0.738. The summed E-state index contributed by atoms with van der Waals surface area (Å²) in [6.45, 7) is 0. The van der Waals surface area contributed by atoms with Crippen LogP contribution in [0.2, 0.25) is 0 Å². The average molecular weight is 269 g/mol. The molecule has 0 unspecified atom stereocenters. The van der Waals surface area contributed by atoms with Gasteiger partial charge >= 0.3 is 0 Å². The highest BCUT2D eigenvalue weighted by molar-refractivity contribution is 5.82. The molecule has 1 aliphatic carbocycles. The van der Waals surface area contributed by atoms with E-state index in [2.05, 4.69) is 15.0 Å². The summed E-state index contributed by atoms with van der Waals surface area (Å²) >= 11 is 0. The lowest BCUT2D eigenvalue weighted by atomic mass is 10.3. The Morgan fingerprint density at radius 1 is 1.20 bits per heavy atom. The van der Waals surface area contributed by atoms with Crippen molar-refractivity contribution >= 4 is 16.9 Å². The number of nitrogen functional groups attached to an aromatic ring is 1. The predicted octanol–water partition coefficient (Wildman–Crippen LogP) is 2.55. The van der Waals surface area contributed by atoms with Gasteiger partial charge in [-0.25, -0.2) is 19.3 Å². The molecule has 0 bridgehead atoms. The van der Waals surface area contributed by atoms with Gasteiger partial charge in [-0.05, 0) is 31.0 Å². The lowest BCUT2D eigenvalue weighted by Gasteiger charge is -2.08. The highest BCUT2D eigenvalue weighted by Crippen LogP contribution is 2.41. The third kappa shape index (κ3) is 1.65. The molecule has 2 N–H and O–H groups in total. The molecule has 0 radical (unpaired) electrons. The zero-order valence-electron chi connectivity index (χ0n) is 10.6. The number of nitrogens with two attached hydrogens (primary N) is 1. The van der Waals surface area contributed by atoms with E-state index >= 15 is 0 Å². The van der Waals surface area contributed by atoms with Gasteiger partial charge < -0.3 is 10.3 Å². The molecule has 1 saturated carbocycles. The number of nitrogens with zero attached hydrogens (tertiary/aromatic N) is 4. The van der Waals surface area contributed by atoms with Crippen LogP contribution in [0.1, 0.15) is 18.9 Å². The lowest BCUT2D eigenvalue weighted by Crippen LogP contribution is -2.03. The Hall–Kier alpha value is -2.50. The molecule has 1 aliphatic rings. The van der Waals surface area contributed by atoms with Crippen LogP contribution < -0.4 is 5.73 Å². The standard InChI is InChI=1S/C14H12FN5/c15-8-1-4-10-11(7-8)20(9-2-3-9)14(19-10)12-13(16)18-6-5-17-12/h1,4-7,9H,2-3H2,(H2,16,18). The van der Waals surface area contributed by atoms with Gasteiger partial charge in [0.1, 0.15) is 11.5 Å². The molecule has 4 rings (SSSR count). The van der Waals surface area contributed by atoms with Crippen LogP contribution in [0.15, 0.2) is 30.6 Å². The normalized spacial score (nSPS) is 14.8. The van der Waals surface area contributed by atoms with Crippen molar-refractivity contribution < 1.29 is 4.39 Å². The van der Waals surface area contributed by atoms with E-state index in [0.29, 0.717) is 23.4 Å². The Labute approximate surface area is 114 Å². The minimum absolute atomic E-state index is 0.266. The summed E-state index contributed by atoms with van der Waals surface area (Å²) in [5, 5.41) is 0. The largest absolute Gasteiger partial charge is 0.382 e. The van der Waals surface area contributed by atoms with Crippen molar-refractivity contribution in [2.45, 2.75) is 18.9 Å². The summed E-state index contributed by atoms with van der Waals surface area (Å²) < 4.78 is 15.5.